The maximum Gasteiger partial charge on any atom is 0.320 e. The van der Waals surface area contributed by atoms with Crippen LogP contribution in [0.4, 0.5) is 0 Å². The molecule has 0 spiro atoms. The fourth-order valence-electron chi connectivity index (χ4n) is 2.84. The molecular formula is C15H26O4. The SMILES string of the molecule is CCOC(=O)C(CCCCC1CCCCC1)C(=O)O. The van der Waals surface area contributed by atoms with Crippen molar-refractivity contribution in [1.82, 2.24) is 0 Å². The summed E-state index contributed by atoms with van der Waals surface area (Å²) in [4.78, 5) is 22.5. The Kier molecular flexibility index (Phi) is 7.53. The number of ether oxygens (including phenoxy) is 1. The van der Waals surface area contributed by atoms with Crippen molar-refractivity contribution in [2.75, 3.05) is 6.61 Å². The molecule has 0 radical (unpaired) electrons. The predicted molar refractivity (Wildman–Crippen MR) is 72.8 cm³/mol. The second-order valence-corrected chi connectivity index (χ2v) is 5.43. The van der Waals surface area contributed by atoms with E-state index in [0.717, 1.165) is 18.8 Å². The van der Waals surface area contributed by atoms with E-state index in [1.165, 1.54) is 38.5 Å². The van der Waals surface area contributed by atoms with Gasteiger partial charge in [0.2, 0.25) is 0 Å². The molecule has 0 aliphatic heterocycles. The molecule has 0 bridgehead atoms. The summed E-state index contributed by atoms with van der Waals surface area (Å²) in [6.07, 6.45) is 10.1. The maximum atomic E-state index is 11.5. The Labute approximate surface area is 115 Å². The Morgan fingerprint density at radius 2 is 1.89 bits per heavy atom. The highest BCUT2D eigenvalue weighted by Gasteiger charge is 2.27. The van der Waals surface area contributed by atoms with Crippen molar-refractivity contribution in [3.63, 3.8) is 0 Å². The number of aliphatic carboxylic acids is 1. The molecule has 1 aliphatic rings. The standard InChI is InChI=1S/C15H26O4/c1-2-19-15(18)13(14(16)17)11-7-6-10-12-8-4-3-5-9-12/h12-13H,2-11H2,1H3,(H,16,17). The van der Waals surface area contributed by atoms with Crippen molar-refractivity contribution in [2.45, 2.75) is 64.7 Å². The zero-order valence-corrected chi connectivity index (χ0v) is 11.9. The quantitative estimate of drug-likeness (QED) is 0.417. The van der Waals surface area contributed by atoms with Crippen LogP contribution in [0.5, 0.6) is 0 Å². The Balaban J connectivity index is 2.20. The third-order valence-electron chi connectivity index (χ3n) is 3.95. The molecule has 1 atom stereocenters. The molecule has 1 rings (SSSR count). The van der Waals surface area contributed by atoms with E-state index in [4.69, 9.17) is 9.84 Å². The fraction of sp³-hybridized carbons (Fsp3) is 0.867. The van der Waals surface area contributed by atoms with Crippen LogP contribution in [-0.4, -0.2) is 23.7 Å². The zero-order valence-electron chi connectivity index (χ0n) is 11.9. The summed E-state index contributed by atoms with van der Waals surface area (Å²) in [6.45, 7) is 1.94. The van der Waals surface area contributed by atoms with E-state index >= 15 is 0 Å². The van der Waals surface area contributed by atoms with E-state index in [9.17, 15) is 9.59 Å². The fourth-order valence-corrected chi connectivity index (χ4v) is 2.84. The molecule has 4 heteroatoms. The second kappa shape index (κ2) is 8.94. The van der Waals surface area contributed by atoms with Crippen molar-refractivity contribution >= 4 is 11.9 Å². The average molecular weight is 270 g/mol. The first-order valence-electron chi connectivity index (χ1n) is 7.54. The van der Waals surface area contributed by atoms with Gasteiger partial charge in [-0.25, -0.2) is 0 Å². The van der Waals surface area contributed by atoms with Gasteiger partial charge in [0.1, 0.15) is 0 Å². The normalized spacial score (nSPS) is 17.9. The molecule has 4 nitrogen and oxygen atoms in total. The van der Waals surface area contributed by atoms with Crippen LogP contribution in [0.1, 0.15) is 64.7 Å². The molecule has 19 heavy (non-hydrogen) atoms. The summed E-state index contributed by atoms with van der Waals surface area (Å²) in [5.74, 6) is -1.81. The van der Waals surface area contributed by atoms with Crippen molar-refractivity contribution in [1.29, 1.82) is 0 Å². The lowest BCUT2D eigenvalue weighted by molar-refractivity contribution is -0.158. The lowest BCUT2D eigenvalue weighted by Gasteiger charge is -2.21. The molecule has 1 fully saturated rings. The van der Waals surface area contributed by atoms with E-state index in [-0.39, 0.29) is 6.61 Å². The number of hydrogen-bond acceptors (Lipinski definition) is 3. The van der Waals surface area contributed by atoms with Crippen LogP contribution in [0.25, 0.3) is 0 Å². The third kappa shape index (κ3) is 6.08. The van der Waals surface area contributed by atoms with E-state index in [1.54, 1.807) is 6.92 Å². The molecule has 110 valence electrons. The molecule has 1 aliphatic carbocycles. The molecule has 0 aromatic heterocycles. The van der Waals surface area contributed by atoms with E-state index < -0.39 is 17.9 Å². The Bertz CT molecular complexity index is 282. The maximum absolute atomic E-state index is 11.5. The van der Waals surface area contributed by atoms with Gasteiger partial charge in [-0.3, -0.25) is 9.59 Å². The third-order valence-corrected chi connectivity index (χ3v) is 3.95. The molecular weight excluding hydrogens is 244 g/mol. The zero-order chi connectivity index (χ0) is 14.1. The Morgan fingerprint density at radius 1 is 1.21 bits per heavy atom. The minimum absolute atomic E-state index is 0.241. The van der Waals surface area contributed by atoms with Crippen LogP contribution >= 0.6 is 0 Å². The molecule has 0 aromatic carbocycles. The second-order valence-electron chi connectivity index (χ2n) is 5.43. The monoisotopic (exact) mass is 270 g/mol. The smallest absolute Gasteiger partial charge is 0.320 e. The lowest BCUT2D eigenvalue weighted by atomic mass is 9.85. The Morgan fingerprint density at radius 3 is 2.47 bits per heavy atom. The van der Waals surface area contributed by atoms with Gasteiger partial charge in [-0.1, -0.05) is 51.4 Å². The van der Waals surface area contributed by atoms with Crippen LogP contribution in [0.3, 0.4) is 0 Å². The van der Waals surface area contributed by atoms with Crippen LogP contribution in [0.15, 0.2) is 0 Å². The van der Waals surface area contributed by atoms with Crippen LogP contribution < -0.4 is 0 Å². The molecule has 0 amide bonds. The number of carboxylic acid groups (broad SMARTS) is 1. The summed E-state index contributed by atoms with van der Waals surface area (Å²) in [5.41, 5.74) is 0. The summed E-state index contributed by atoms with van der Waals surface area (Å²) < 4.78 is 4.79. The van der Waals surface area contributed by atoms with Crippen LogP contribution in [-0.2, 0) is 14.3 Å². The highest BCUT2D eigenvalue weighted by atomic mass is 16.5. The molecule has 0 heterocycles. The number of carboxylic acids is 1. The van der Waals surface area contributed by atoms with Gasteiger partial charge in [0.15, 0.2) is 5.92 Å². The molecule has 1 unspecified atom stereocenters. The summed E-state index contributed by atoms with van der Waals surface area (Å²) >= 11 is 0. The summed E-state index contributed by atoms with van der Waals surface area (Å²) in [7, 11) is 0. The van der Waals surface area contributed by atoms with E-state index in [0.29, 0.717) is 6.42 Å². The molecule has 1 saturated carbocycles. The highest BCUT2D eigenvalue weighted by Crippen LogP contribution is 2.28. The van der Waals surface area contributed by atoms with Crippen LogP contribution in [0.2, 0.25) is 0 Å². The Hall–Kier alpha value is -1.06. The van der Waals surface area contributed by atoms with Crippen molar-refractivity contribution in [3.05, 3.63) is 0 Å². The largest absolute Gasteiger partial charge is 0.481 e. The van der Waals surface area contributed by atoms with Crippen molar-refractivity contribution < 1.29 is 19.4 Å². The number of esters is 1. The predicted octanol–water partition coefficient (Wildman–Crippen LogP) is 3.39. The first-order chi connectivity index (χ1) is 9.15. The summed E-state index contributed by atoms with van der Waals surface area (Å²) in [5, 5.41) is 9.02. The number of carbonyl (C=O) groups excluding carboxylic acids is 1. The average Bonchev–Trinajstić information content (AvgIpc) is 2.39. The van der Waals surface area contributed by atoms with Gasteiger partial charge < -0.3 is 9.84 Å². The number of rotatable bonds is 8. The topological polar surface area (TPSA) is 63.6 Å². The first-order valence-corrected chi connectivity index (χ1v) is 7.54. The van der Waals surface area contributed by atoms with Gasteiger partial charge in [0, 0.05) is 0 Å². The van der Waals surface area contributed by atoms with Gasteiger partial charge in [-0.05, 0) is 19.3 Å². The van der Waals surface area contributed by atoms with Crippen molar-refractivity contribution in [2.24, 2.45) is 11.8 Å². The number of unbranched alkanes of at least 4 members (excludes halogenated alkanes) is 1. The van der Waals surface area contributed by atoms with Crippen molar-refractivity contribution in [3.8, 4) is 0 Å². The van der Waals surface area contributed by atoms with Gasteiger partial charge in [-0.2, -0.15) is 0 Å². The number of hydrogen-bond donors (Lipinski definition) is 1. The first kappa shape index (κ1) is 16.0. The van der Waals surface area contributed by atoms with E-state index in [1.807, 2.05) is 0 Å². The van der Waals surface area contributed by atoms with Gasteiger partial charge in [0.25, 0.3) is 0 Å². The van der Waals surface area contributed by atoms with Crippen LogP contribution in [0, 0.1) is 11.8 Å². The molecule has 1 N–H and O–H groups in total. The highest BCUT2D eigenvalue weighted by molar-refractivity contribution is 5.93. The minimum Gasteiger partial charge on any atom is -0.481 e. The summed E-state index contributed by atoms with van der Waals surface area (Å²) in [6, 6.07) is 0. The molecule has 0 saturated heterocycles. The van der Waals surface area contributed by atoms with Gasteiger partial charge >= 0.3 is 11.9 Å². The molecule has 0 aromatic rings. The van der Waals surface area contributed by atoms with E-state index in [2.05, 4.69) is 0 Å². The minimum atomic E-state index is -1.06. The lowest BCUT2D eigenvalue weighted by Crippen LogP contribution is -2.25. The van der Waals surface area contributed by atoms with Gasteiger partial charge in [-0.15, -0.1) is 0 Å². The number of carbonyl (C=O) groups is 2. The van der Waals surface area contributed by atoms with Gasteiger partial charge in [0.05, 0.1) is 6.61 Å².